The topological polar surface area (TPSA) is 34.1 Å². The summed E-state index contributed by atoms with van der Waals surface area (Å²) >= 11 is 0. The van der Waals surface area contributed by atoms with Crippen LogP contribution in [0.2, 0.25) is 0 Å². The van der Waals surface area contributed by atoms with Crippen molar-refractivity contribution in [3.63, 3.8) is 0 Å². The third-order valence-corrected chi connectivity index (χ3v) is 3.05. The Morgan fingerprint density at radius 1 is 1.10 bits per heavy atom. The Bertz CT molecular complexity index is 516. The maximum atomic E-state index is 12.8. The Morgan fingerprint density at radius 3 is 2.40 bits per heavy atom. The summed E-state index contributed by atoms with van der Waals surface area (Å²) in [6.45, 7) is 4.69. The molecule has 1 aromatic heterocycles. The van der Waals surface area contributed by atoms with Crippen LogP contribution >= 0.6 is 0 Å². The van der Waals surface area contributed by atoms with Crippen molar-refractivity contribution < 1.29 is 9.13 Å². The quantitative estimate of drug-likeness (QED) is 0.877. The van der Waals surface area contributed by atoms with Gasteiger partial charge in [-0.1, -0.05) is 0 Å². The number of aromatic nitrogens is 1. The Labute approximate surface area is 118 Å². The fraction of sp³-hybridized carbons (Fsp3) is 0.312. The molecule has 0 unspecified atom stereocenters. The van der Waals surface area contributed by atoms with Crippen LogP contribution in [0.5, 0.6) is 5.75 Å². The molecule has 0 amide bonds. The Hall–Kier alpha value is -1.94. The normalized spacial score (nSPS) is 13.8. The van der Waals surface area contributed by atoms with Crippen molar-refractivity contribution >= 4 is 0 Å². The summed E-state index contributed by atoms with van der Waals surface area (Å²) in [5.74, 6) is 0.423. The highest BCUT2D eigenvalue weighted by Crippen LogP contribution is 2.13. The molecule has 0 fully saturated rings. The fourth-order valence-corrected chi connectivity index (χ4v) is 1.98. The van der Waals surface area contributed by atoms with Crippen LogP contribution in [-0.4, -0.2) is 17.6 Å². The van der Waals surface area contributed by atoms with Crippen LogP contribution in [0, 0.1) is 5.82 Å². The van der Waals surface area contributed by atoms with E-state index in [9.17, 15) is 4.39 Å². The minimum absolute atomic E-state index is 0.184. The van der Waals surface area contributed by atoms with Crippen molar-refractivity contribution in [1.29, 1.82) is 0 Å². The maximum absolute atomic E-state index is 12.8. The lowest BCUT2D eigenvalue weighted by atomic mass is 10.1. The number of pyridine rings is 1. The van der Waals surface area contributed by atoms with E-state index < -0.39 is 0 Å². The molecule has 1 heterocycles. The third-order valence-electron chi connectivity index (χ3n) is 3.05. The van der Waals surface area contributed by atoms with Gasteiger partial charge in [-0.05, 0) is 55.8 Å². The smallest absolute Gasteiger partial charge is 0.123 e. The van der Waals surface area contributed by atoms with Gasteiger partial charge in [0.2, 0.25) is 0 Å². The number of nitrogens with one attached hydrogen (secondary N) is 1. The molecule has 4 heteroatoms. The first-order valence-corrected chi connectivity index (χ1v) is 6.69. The molecule has 1 aromatic carbocycles. The highest BCUT2D eigenvalue weighted by atomic mass is 19.1. The van der Waals surface area contributed by atoms with Crippen LogP contribution in [-0.2, 0) is 0 Å². The molecule has 0 aliphatic carbocycles. The first-order valence-electron chi connectivity index (χ1n) is 6.69. The van der Waals surface area contributed by atoms with E-state index in [-0.39, 0.29) is 17.9 Å². The zero-order chi connectivity index (χ0) is 14.4. The summed E-state index contributed by atoms with van der Waals surface area (Å²) in [5.41, 5.74) is 1.19. The molecule has 0 spiro atoms. The summed E-state index contributed by atoms with van der Waals surface area (Å²) in [5, 5.41) is 3.45. The average Bonchev–Trinajstić information content (AvgIpc) is 2.47. The standard InChI is InChI=1S/C16H19FN2O/c1-12(11-20-16-5-3-15(17)4-6-16)19-13(2)14-7-9-18-10-8-14/h3-10,12-13,19H,11H2,1-2H3/t12-,13+/m1/s1. The monoisotopic (exact) mass is 274 g/mol. The van der Waals surface area contributed by atoms with E-state index in [0.717, 1.165) is 0 Å². The number of nitrogens with zero attached hydrogens (tertiary/aromatic N) is 1. The zero-order valence-electron chi connectivity index (χ0n) is 11.7. The van der Waals surface area contributed by atoms with Crippen molar-refractivity contribution in [2.45, 2.75) is 25.9 Å². The summed E-state index contributed by atoms with van der Waals surface area (Å²) in [6, 6.07) is 10.5. The molecule has 0 saturated heterocycles. The van der Waals surface area contributed by atoms with Gasteiger partial charge in [-0.2, -0.15) is 0 Å². The Kier molecular flexibility index (Phi) is 5.07. The van der Waals surface area contributed by atoms with Crippen LogP contribution in [0.1, 0.15) is 25.5 Å². The number of ether oxygens (including phenoxy) is 1. The molecule has 2 aromatic rings. The van der Waals surface area contributed by atoms with E-state index >= 15 is 0 Å². The molecule has 106 valence electrons. The summed E-state index contributed by atoms with van der Waals surface area (Å²) in [4.78, 5) is 4.01. The first-order chi connectivity index (χ1) is 9.65. The van der Waals surface area contributed by atoms with Crippen LogP contribution < -0.4 is 10.1 Å². The van der Waals surface area contributed by atoms with Gasteiger partial charge < -0.3 is 10.1 Å². The number of hydrogen-bond donors (Lipinski definition) is 1. The van der Waals surface area contributed by atoms with Crippen LogP contribution in [0.25, 0.3) is 0 Å². The minimum atomic E-state index is -0.255. The highest BCUT2D eigenvalue weighted by Gasteiger charge is 2.09. The highest BCUT2D eigenvalue weighted by molar-refractivity contribution is 5.22. The van der Waals surface area contributed by atoms with Crippen molar-refractivity contribution in [2.75, 3.05) is 6.61 Å². The van der Waals surface area contributed by atoms with E-state index in [1.54, 1.807) is 24.5 Å². The predicted molar refractivity (Wildman–Crippen MR) is 77.1 cm³/mol. The Morgan fingerprint density at radius 2 is 1.75 bits per heavy atom. The Balaban J connectivity index is 1.80. The van der Waals surface area contributed by atoms with Gasteiger partial charge in [-0.15, -0.1) is 0 Å². The minimum Gasteiger partial charge on any atom is -0.492 e. The lowest BCUT2D eigenvalue weighted by Gasteiger charge is -2.20. The molecule has 1 N–H and O–H groups in total. The molecule has 0 aliphatic heterocycles. The SMILES string of the molecule is C[C@H](COc1ccc(F)cc1)N[C@@H](C)c1ccncc1. The largest absolute Gasteiger partial charge is 0.492 e. The maximum Gasteiger partial charge on any atom is 0.123 e. The molecule has 0 aliphatic rings. The van der Waals surface area contributed by atoms with E-state index in [4.69, 9.17) is 4.74 Å². The summed E-state index contributed by atoms with van der Waals surface area (Å²) in [6.07, 6.45) is 3.57. The van der Waals surface area contributed by atoms with E-state index in [1.807, 2.05) is 12.1 Å². The average molecular weight is 274 g/mol. The number of hydrogen-bond acceptors (Lipinski definition) is 3. The van der Waals surface area contributed by atoms with Crippen molar-refractivity contribution in [3.05, 3.63) is 60.2 Å². The van der Waals surface area contributed by atoms with Crippen molar-refractivity contribution in [1.82, 2.24) is 10.3 Å². The molecule has 0 radical (unpaired) electrons. The molecule has 2 atom stereocenters. The molecule has 0 bridgehead atoms. The van der Waals surface area contributed by atoms with Gasteiger partial charge in [0.1, 0.15) is 18.2 Å². The van der Waals surface area contributed by atoms with Gasteiger partial charge in [0.05, 0.1) is 0 Å². The third kappa shape index (κ3) is 4.31. The van der Waals surface area contributed by atoms with Gasteiger partial charge in [-0.25, -0.2) is 4.39 Å². The molecule has 20 heavy (non-hydrogen) atoms. The van der Waals surface area contributed by atoms with Gasteiger partial charge in [0, 0.05) is 24.5 Å². The second-order valence-electron chi connectivity index (χ2n) is 4.83. The van der Waals surface area contributed by atoms with Crippen LogP contribution in [0.3, 0.4) is 0 Å². The van der Waals surface area contributed by atoms with Crippen molar-refractivity contribution in [2.24, 2.45) is 0 Å². The number of halogens is 1. The van der Waals surface area contributed by atoms with E-state index in [1.165, 1.54) is 17.7 Å². The predicted octanol–water partition coefficient (Wildman–Crippen LogP) is 3.34. The van der Waals surface area contributed by atoms with Crippen LogP contribution in [0.15, 0.2) is 48.8 Å². The molecular formula is C16H19FN2O. The molecule has 3 nitrogen and oxygen atoms in total. The molecule has 2 rings (SSSR count). The molecule has 0 saturated carbocycles. The lowest BCUT2D eigenvalue weighted by molar-refractivity contribution is 0.263. The van der Waals surface area contributed by atoms with Crippen LogP contribution in [0.4, 0.5) is 4.39 Å². The van der Waals surface area contributed by atoms with Gasteiger partial charge in [-0.3, -0.25) is 4.98 Å². The number of rotatable bonds is 6. The number of benzene rings is 1. The van der Waals surface area contributed by atoms with Gasteiger partial charge >= 0.3 is 0 Å². The van der Waals surface area contributed by atoms with E-state index in [0.29, 0.717) is 12.4 Å². The van der Waals surface area contributed by atoms with Crippen molar-refractivity contribution in [3.8, 4) is 5.75 Å². The zero-order valence-corrected chi connectivity index (χ0v) is 11.7. The van der Waals surface area contributed by atoms with Gasteiger partial charge in [0.25, 0.3) is 0 Å². The molecular weight excluding hydrogens is 255 g/mol. The summed E-state index contributed by atoms with van der Waals surface area (Å²) < 4.78 is 18.4. The van der Waals surface area contributed by atoms with E-state index in [2.05, 4.69) is 24.1 Å². The van der Waals surface area contributed by atoms with Gasteiger partial charge in [0.15, 0.2) is 0 Å². The fourth-order valence-electron chi connectivity index (χ4n) is 1.98. The second kappa shape index (κ2) is 7.01. The lowest BCUT2D eigenvalue weighted by Crippen LogP contribution is -2.33. The first kappa shape index (κ1) is 14.5. The second-order valence-corrected chi connectivity index (χ2v) is 4.83. The summed E-state index contributed by atoms with van der Waals surface area (Å²) in [7, 11) is 0.